The topological polar surface area (TPSA) is 151 Å². The van der Waals surface area contributed by atoms with Gasteiger partial charge < -0.3 is 34.0 Å². The highest BCUT2D eigenvalue weighted by molar-refractivity contribution is 5.94. The molecule has 0 unspecified atom stereocenters. The maximum Gasteiger partial charge on any atom is 0.408 e. The smallest absolute Gasteiger partial charge is 0.408 e. The Morgan fingerprint density at radius 3 is 2.47 bits per heavy atom. The van der Waals surface area contributed by atoms with E-state index in [-0.39, 0.29) is 53.4 Å². The molecule has 45 heavy (non-hydrogen) atoms. The zero-order chi connectivity index (χ0) is 32.7. The van der Waals surface area contributed by atoms with E-state index >= 15 is 0 Å². The maximum absolute atomic E-state index is 13.0. The van der Waals surface area contributed by atoms with Gasteiger partial charge in [0.1, 0.15) is 22.7 Å². The van der Waals surface area contributed by atoms with Gasteiger partial charge in [0, 0.05) is 5.56 Å². The average molecular weight is 631 g/mol. The largest absolute Gasteiger partial charge is 0.489 e. The van der Waals surface area contributed by atoms with Crippen molar-refractivity contribution < 1.29 is 46.5 Å². The molecule has 0 saturated heterocycles. The van der Waals surface area contributed by atoms with Crippen LogP contribution in [0.15, 0.2) is 40.8 Å². The minimum Gasteiger partial charge on any atom is -0.489 e. The van der Waals surface area contributed by atoms with Crippen LogP contribution in [0.25, 0.3) is 11.5 Å². The summed E-state index contributed by atoms with van der Waals surface area (Å²) in [5.41, 5.74) is -0.163. The number of amides is 2. The predicted molar refractivity (Wildman–Crippen MR) is 156 cm³/mol. The Balaban J connectivity index is 1.61. The van der Waals surface area contributed by atoms with E-state index in [1.54, 1.807) is 34.6 Å². The number of carbonyl (C=O) groups is 3. The van der Waals surface area contributed by atoms with Gasteiger partial charge in [-0.25, -0.2) is 19.6 Å². The summed E-state index contributed by atoms with van der Waals surface area (Å²) in [5.74, 6) is -0.666. The molecule has 2 aromatic heterocycles. The van der Waals surface area contributed by atoms with Crippen LogP contribution in [0, 0.1) is 5.92 Å². The van der Waals surface area contributed by atoms with E-state index in [0.717, 1.165) is 12.8 Å². The molecule has 12 nitrogen and oxygen atoms in total. The highest BCUT2D eigenvalue weighted by Gasteiger charge is 2.27. The van der Waals surface area contributed by atoms with Crippen molar-refractivity contribution in [2.24, 2.45) is 5.92 Å². The van der Waals surface area contributed by atoms with Gasteiger partial charge in [0.15, 0.2) is 17.3 Å². The molecule has 1 saturated carbocycles. The summed E-state index contributed by atoms with van der Waals surface area (Å²) in [4.78, 5) is 46.2. The number of alkyl halides is 2. The first-order valence-electron chi connectivity index (χ1n) is 14.5. The summed E-state index contributed by atoms with van der Waals surface area (Å²) in [6, 6.07) is 7.91. The molecule has 0 bridgehead atoms. The van der Waals surface area contributed by atoms with Gasteiger partial charge in [-0.2, -0.15) is 8.78 Å². The molecule has 2 amide bonds. The van der Waals surface area contributed by atoms with E-state index < -0.39 is 36.2 Å². The van der Waals surface area contributed by atoms with Gasteiger partial charge in [0.2, 0.25) is 5.89 Å². The third-order valence-corrected chi connectivity index (χ3v) is 6.31. The molecule has 1 aromatic carbocycles. The number of nitrogens with zero attached hydrogens (tertiary/aromatic N) is 2. The van der Waals surface area contributed by atoms with Gasteiger partial charge >= 0.3 is 18.7 Å². The van der Waals surface area contributed by atoms with E-state index in [0.29, 0.717) is 18.1 Å². The van der Waals surface area contributed by atoms with Crippen molar-refractivity contribution in [2.45, 2.75) is 72.3 Å². The van der Waals surface area contributed by atoms with Crippen LogP contribution >= 0.6 is 0 Å². The Morgan fingerprint density at radius 2 is 1.80 bits per heavy atom. The van der Waals surface area contributed by atoms with Gasteiger partial charge in [-0.1, -0.05) is 6.07 Å². The van der Waals surface area contributed by atoms with Crippen molar-refractivity contribution in [3.05, 3.63) is 59.2 Å². The lowest BCUT2D eigenvalue weighted by molar-refractivity contribution is -0.0515. The van der Waals surface area contributed by atoms with Crippen molar-refractivity contribution in [3.8, 4) is 23.0 Å². The lowest BCUT2D eigenvalue weighted by atomic mass is 10.2. The Hall–Kier alpha value is -4.75. The van der Waals surface area contributed by atoms with Crippen LogP contribution in [0.1, 0.15) is 85.9 Å². The summed E-state index contributed by atoms with van der Waals surface area (Å²) < 4.78 is 52.9. The molecule has 1 aliphatic carbocycles. The number of hydrogen-bond acceptors (Lipinski definition) is 10. The normalized spacial score (nSPS) is 13.6. The number of hydrogen-bond donors (Lipinski definition) is 2. The minimum atomic E-state index is -3.05. The van der Waals surface area contributed by atoms with Gasteiger partial charge in [-0.3, -0.25) is 4.79 Å². The Morgan fingerprint density at radius 1 is 1.07 bits per heavy atom. The molecule has 3 aromatic rings. The third-order valence-electron chi connectivity index (χ3n) is 6.31. The van der Waals surface area contributed by atoms with E-state index in [9.17, 15) is 23.2 Å². The fourth-order valence-corrected chi connectivity index (χ4v) is 4.08. The predicted octanol–water partition coefficient (Wildman–Crippen LogP) is 5.82. The zero-order valence-electron chi connectivity index (χ0n) is 25.6. The van der Waals surface area contributed by atoms with Crippen LogP contribution in [0.4, 0.5) is 13.6 Å². The molecule has 2 heterocycles. The Kier molecular flexibility index (Phi) is 10.6. The molecule has 0 spiro atoms. The second kappa shape index (κ2) is 14.4. The monoisotopic (exact) mass is 630 g/mol. The van der Waals surface area contributed by atoms with Crippen molar-refractivity contribution in [1.29, 1.82) is 0 Å². The molecule has 0 aliphatic heterocycles. The lowest BCUT2D eigenvalue weighted by Gasteiger charge is -2.21. The number of rotatable bonds is 13. The lowest BCUT2D eigenvalue weighted by Crippen LogP contribution is -2.34. The number of alkyl carbamates (subject to hydrolysis) is 1. The molecule has 1 aliphatic rings. The molecular weight excluding hydrogens is 594 g/mol. The Labute approximate surface area is 258 Å². The van der Waals surface area contributed by atoms with Crippen molar-refractivity contribution >= 4 is 18.0 Å². The van der Waals surface area contributed by atoms with Crippen LogP contribution in [-0.2, 0) is 16.0 Å². The summed E-state index contributed by atoms with van der Waals surface area (Å²) >= 11 is 0. The van der Waals surface area contributed by atoms with Crippen molar-refractivity contribution in [3.63, 3.8) is 0 Å². The molecule has 1 atom stereocenters. The van der Waals surface area contributed by atoms with Gasteiger partial charge in [-0.05, 0) is 83.7 Å². The fourth-order valence-electron chi connectivity index (χ4n) is 4.08. The highest BCUT2D eigenvalue weighted by atomic mass is 19.3. The standard InChI is InChI=1S/C31H36F2N4O8/c1-6-41-28(39)21-9-7-8-20(36-21)26(38)34-15-22-25(17(2)35-30(40)45-31(3,4)5)44-27(37-22)19-12-13-23(43-29(32)33)24(14-19)42-16-18-10-11-18/h7-9,12-14,17-18,29H,6,10-11,15-16H2,1-5H3,(H,34,38)(H,35,40)/t17-/m0/s1. The number of nitrogens with one attached hydrogen (secondary N) is 2. The second-order valence-electron chi connectivity index (χ2n) is 11.3. The molecule has 1 fully saturated rings. The maximum atomic E-state index is 13.0. The van der Waals surface area contributed by atoms with E-state index in [4.69, 9.17) is 18.6 Å². The summed E-state index contributed by atoms with van der Waals surface area (Å²) in [6.07, 6.45) is 1.29. The molecule has 2 N–H and O–H groups in total. The van der Waals surface area contributed by atoms with Crippen molar-refractivity contribution in [2.75, 3.05) is 13.2 Å². The SMILES string of the molecule is CCOC(=O)c1cccc(C(=O)NCc2nc(-c3ccc(OC(F)F)c(OCC4CC4)c3)oc2[C@H](C)NC(=O)OC(C)(C)C)n1. The number of benzene rings is 1. The van der Waals surface area contributed by atoms with Crippen LogP contribution in [-0.4, -0.2) is 53.4 Å². The van der Waals surface area contributed by atoms with Crippen LogP contribution < -0.4 is 20.1 Å². The minimum absolute atomic E-state index is 0.0249. The number of halogens is 2. The molecule has 242 valence electrons. The number of esters is 1. The number of ether oxygens (including phenoxy) is 4. The zero-order valence-corrected chi connectivity index (χ0v) is 25.6. The van der Waals surface area contributed by atoms with E-state index in [1.807, 2.05) is 0 Å². The fraction of sp³-hybridized carbons (Fsp3) is 0.452. The highest BCUT2D eigenvalue weighted by Crippen LogP contribution is 2.37. The van der Waals surface area contributed by atoms with Crippen molar-refractivity contribution in [1.82, 2.24) is 20.6 Å². The second-order valence-corrected chi connectivity index (χ2v) is 11.3. The average Bonchev–Trinajstić information content (AvgIpc) is 3.70. The number of pyridine rings is 1. The molecule has 0 radical (unpaired) electrons. The van der Waals surface area contributed by atoms with Crippen LogP contribution in [0.5, 0.6) is 11.5 Å². The Bertz CT molecular complexity index is 1520. The quantitative estimate of drug-likeness (QED) is 0.221. The van der Waals surface area contributed by atoms with Gasteiger partial charge in [0.25, 0.3) is 5.91 Å². The first kappa shape index (κ1) is 33.1. The van der Waals surface area contributed by atoms with Crippen LogP contribution in [0.3, 0.4) is 0 Å². The molecule has 4 rings (SSSR count). The number of aromatic nitrogens is 2. The summed E-state index contributed by atoms with van der Waals surface area (Å²) in [6.45, 7) is 5.77. The molecule has 14 heteroatoms. The van der Waals surface area contributed by atoms with Crippen LogP contribution in [0.2, 0.25) is 0 Å². The van der Waals surface area contributed by atoms with E-state index in [1.165, 1.54) is 36.4 Å². The number of oxazole rings is 1. The number of carbonyl (C=O) groups excluding carboxylic acids is 3. The third kappa shape index (κ3) is 9.62. The van der Waals surface area contributed by atoms with Gasteiger partial charge in [-0.15, -0.1) is 0 Å². The van der Waals surface area contributed by atoms with Gasteiger partial charge in [0.05, 0.1) is 25.8 Å². The molecular formula is C31H36F2N4O8. The summed E-state index contributed by atoms with van der Waals surface area (Å²) in [7, 11) is 0. The first-order valence-corrected chi connectivity index (χ1v) is 14.5. The summed E-state index contributed by atoms with van der Waals surface area (Å²) in [5, 5.41) is 5.39. The first-order chi connectivity index (χ1) is 21.3. The van der Waals surface area contributed by atoms with E-state index in [2.05, 4.69) is 25.3 Å².